The zero-order valence-electron chi connectivity index (χ0n) is 11.0. The highest BCUT2D eigenvalue weighted by molar-refractivity contribution is 6.45. The summed E-state index contributed by atoms with van der Waals surface area (Å²) in [5.74, 6) is -1.28. The van der Waals surface area contributed by atoms with Gasteiger partial charge >= 0.3 is 0 Å². The zero-order valence-corrected chi connectivity index (χ0v) is 12.5. The summed E-state index contributed by atoms with van der Waals surface area (Å²) in [7, 11) is 0. The lowest BCUT2D eigenvalue weighted by Gasteiger charge is -2.36. The van der Waals surface area contributed by atoms with Crippen molar-refractivity contribution in [1.82, 2.24) is 4.98 Å². The third-order valence-electron chi connectivity index (χ3n) is 3.56. The van der Waals surface area contributed by atoms with Crippen LogP contribution in [0.15, 0.2) is 30.3 Å². The molecule has 1 aromatic carbocycles. The number of fused-ring (bicyclic) bond motifs is 3. The summed E-state index contributed by atoms with van der Waals surface area (Å²) in [6, 6.07) is 9.20. The highest BCUT2D eigenvalue weighted by Gasteiger charge is 2.45. The molecule has 0 fully saturated rings. The van der Waals surface area contributed by atoms with Gasteiger partial charge in [-0.05, 0) is 37.6 Å². The summed E-state index contributed by atoms with van der Waals surface area (Å²) in [4.78, 5) is 3.45. The summed E-state index contributed by atoms with van der Waals surface area (Å²) in [5, 5.41) is 10.7. The van der Waals surface area contributed by atoms with Gasteiger partial charge in [-0.1, -0.05) is 35.3 Å². The van der Waals surface area contributed by atoms with E-state index in [2.05, 4.69) is 4.98 Å². The lowest BCUT2D eigenvalue weighted by atomic mass is 9.94. The van der Waals surface area contributed by atoms with E-state index >= 15 is 0 Å². The van der Waals surface area contributed by atoms with Crippen molar-refractivity contribution in [3.8, 4) is 17.0 Å². The van der Waals surface area contributed by atoms with Crippen molar-refractivity contribution < 1.29 is 9.84 Å². The molecule has 2 aromatic rings. The SMILES string of the molecule is Cc1cc2c(nc1C)-c1ccccc1OC2(O)C(Cl)Cl. The Morgan fingerprint density at radius 2 is 1.95 bits per heavy atom. The first kappa shape index (κ1) is 13.7. The number of hydrogen-bond acceptors (Lipinski definition) is 3. The van der Waals surface area contributed by atoms with Crippen molar-refractivity contribution in [2.75, 3.05) is 0 Å². The van der Waals surface area contributed by atoms with Crippen LogP contribution >= 0.6 is 23.2 Å². The van der Waals surface area contributed by atoms with Crippen molar-refractivity contribution in [2.45, 2.75) is 24.5 Å². The highest BCUT2D eigenvalue weighted by atomic mass is 35.5. The monoisotopic (exact) mass is 309 g/mol. The van der Waals surface area contributed by atoms with Gasteiger partial charge in [0.25, 0.3) is 5.79 Å². The number of benzene rings is 1. The Balaban J connectivity index is 2.35. The Morgan fingerprint density at radius 3 is 2.65 bits per heavy atom. The fourth-order valence-corrected chi connectivity index (χ4v) is 2.64. The molecular weight excluding hydrogens is 297 g/mol. The van der Waals surface area contributed by atoms with Crippen LogP contribution < -0.4 is 4.74 Å². The third kappa shape index (κ3) is 1.89. The maximum absolute atomic E-state index is 10.7. The van der Waals surface area contributed by atoms with Gasteiger partial charge in [-0.25, -0.2) is 0 Å². The Morgan fingerprint density at radius 1 is 1.25 bits per heavy atom. The average Bonchev–Trinajstić information content (AvgIpc) is 2.41. The normalized spacial score (nSPS) is 20.3. The summed E-state index contributed by atoms with van der Waals surface area (Å²) in [5.41, 5.74) is 3.81. The van der Waals surface area contributed by atoms with E-state index in [0.29, 0.717) is 17.0 Å². The molecule has 1 aliphatic heterocycles. The average molecular weight is 310 g/mol. The summed E-state index contributed by atoms with van der Waals surface area (Å²) < 4.78 is 5.65. The van der Waals surface area contributed by atoms with E-state index in [0.717, 1.165) is 16.8 Å². The second-order valence-electron chi connectivity index (χ2n) is 4.88. The van der Waals surface area contributed by atoms with E-state index in [9.17, 15) is 5.11 Å². The predicted octanol–water partition coefficient (Wildman–Crippen LogP) is 3.71. The van der Waals surface area contributed by atoms with Crippen molar-refractivity contribution in [2.24, 2.45) is 0 Å². The molecule has 5 heteroatoms. The maximum atomic E-state index is 10.7. The predicted molar refractivity (Wildman–Crippen MR) is 79.2 cm³/mol. The van der Waals surface area contributed by atoms with E-state index in [1.807, 2.05) is 38.1 Å². The van der Waals surface area contributed by atoms with Crippen LogP contribution in [0.4, 0.5) is 0 Å². The summed E-state index contributed by atoms with van der Waals surface area (Å²) in [6.07, 6.45) is 0. The maximum Gasteiger partial charge on any atom is 0.267 e. The molecule has 1 unspecified atom stereocenters. The molecule has 3 nitrogen and oxygen atoms in total. The molecule has 0 aliphatic carbocycles. The van der Waals surface area contributed by atoms with E-state index in [4.69, 9.17) is 27.9 Å². The number of halogens is 2. The van der Waals surface area contributed by atoms with Crippen LogP contribution in [0.2, 0.25) is 0 Å². The van der Waals surface area contributed by atoms with Gasteiger partial charge in [0.2, 0.25) is 0 Å². The molecule has 20 heavy (non-hydrogen) atoms. The van der Waals surface area contributed by atoms with Crippen LogP contribution in [0.3, 0.4) is 0 Å². The van der Waals surface area contributed by atoms with Gasteiger partial charge in [-0.2, -0.15) is 0 Å². The largest absolute Gasteiger partial charge is 0.454 e. The first-order valence-corrected chi connectivity index (χ1v) is 7.08. The molecular formula is C15H13Cl2NO2. The molecule has 2 heterocycles. The molecule has 1 aliphatic rings. The number of pyridine rings is 1. The summed E-state index contributed by atoms with van der Waals surface area (Å²) in [6.45, 7) is 3.84. The molecule has 0 radical (unpaired) electrons. The van der Waals surface area contributed by atoms with Gasteiger partial charge in [-0.3, -0.25) is 4.98 Å². The zero-order chi connectivity index (χ0) is 14.5. The number of nitrogens with zero attached hydrogens (tertiary/aromatic N) is 1. The number of aromatic nitrogens is 1. The fraction of sp³-hybridized carbons (Fsp3) is 0.267. The molecule has 3 rings (SSSR count). The first-order chi connectivity index (χ1) is 9.43. The first-order valence-electron chi connectivity index (χ1n) is 6.21. The molecule has 1 atom stereocenters. The minimum absolute atomic E-state index is 0.495. The quantitative estimate of drug-likeness (QED) is 0.817. The van der Waals surface area contributed by atoms with Gasteiger partial charge in [0, 0.05) is 11.3 Å². The van der Waals surface area contributed by atoms with Gasteiger partial charge in [-0.15, -0.1) is 0 Å². The van der Waals surface area contributed by atoms with Crippen LogP contribution in [0, 0.1) is 13.8 Å². The van der Waals surface area contributed by atoms with E-state index < -0.39 is 10.6 Å². The number of para-hydroxylation sites is 1. The number of rotatable bonds is 1. The second-order valence-corrected chi connectivity index (χ2v) is 5.98. The Bertz CT molecular complexity index is 688. The molecule has 1 N–H and O–H groups in total. The number of aliphatic hydroxyl groups is 1. The molecule has 0 saturated carbocycles. The van der Waals surface area contributed by atoms with E-state index in [1.165, 1.54) is 0 Å². The molecule has 0 saturated heterocycles. The number of hydrogen-bond donors (Lipinski definition) is 1. The molecule has 0 bridgehead atoms. The Hall–Kier alpha value is -1.29. The van der Waals surface area contributed by atoms with Gasteiger partial charge < -0.3 is 9.84 Å². The summed E-state index contributed by atoms with van der Waals surface area (Å²) >= 11 is 11.9. The minimum atomic E-state index is -1.79. The van der Waals surface area contributed by atoms with E-state index in [1.54, 1.807) is 6.07 Å². The lowest BCUT2D eigenvalue weighted by Crippen LogP contribution is -2.42. The van der Waals surface area contributed by atoms with Gasteiger partial charge in [0.05, 0.1) is 11.3 Å². The van der Waals surface area contributed by atoms with Crippen LogP contribution in [0.25, 0.3) is 11.3 Å². The van der Waals surface area contributed by atoms with Crippen LogP contribution in [0.1, 0.15) is 16.8 Å². The third-order valence-corrected chi connectivity index (χ3v) is 4.15. The Labute approximate surface area is 127 Å². The molecule has 0 amide bonds. The van der Waals surface area contributed by atoms with Gasteiger partial charge in [0.15, 0.2) is 4.84 Å². The number of alkyl halides is 2. The second kappa shape index (κ2) is 4.62. The molecule has 0 spiro atoms. The smallest absolute Gasteiger partial charge is 0.267 e. The van der Waals surface area contributed by atoms with Crippen molar-refractivity contribution in [1.29, 1.82) is 0 Å². The van der Waals surface area contributed by atoms with Crippen molar-refractivity contribution in [3.63, 3.8) is 0 Å². The molecule has 104 valence electrons. The lowest BCUT2D eigenvalue weighted by molar-refractivity contribution is -0.135. The van der Waals surface area contributed by atoms with Gasteiger partial charge in [0.1, 0.15) is 5.75 Å². The van der Waals surface area contributed by atoms with Crippen molar-refractivity contribution in [3.05, 3.63) is 47.2 Å². The van der Waals surface area contributed by atoms with E-state index in [-0.39, 0.29) is 0 Å². The minimum Gasteiger partial charge on any atom is -0.454 e. The molecule has 1 aromatic heterocycles. The van der Waals surface area contributed by atoms with Crippen molar-refractivity contribution >= 4 is 23.2 Å². The standard InChI is InChI=1S/C15H13Cl2NO2/c1-8-7-11-13(18-9(8)2)10-5-3-4-6-12(10)20-15(11,19)14(16)17/h3-7,14,19H,1-2H3. The fourth-order valence-electron chi connectivity index (χ4n) is 2.32. The van der Waals surface area contributed by atoms with Crippen LogP contribution in [-0.4, -0.2) is 14.9 Å². The topological polar surface area (TPSA) is 42.4 Å². The highest BCUT2D eigenvalue weighted by Crippen LogP contribution is 2.46. The van der Waals surface area contributed by atoms with Crippen LogP contribution in [-0.2, 0) is 5.79 Å². The number of ether oxygens (including phenoxy) is 1. The Kier molecular flexibility index (Phi) is 3.16. The number of aryl methyl sites for hydroxylation is 2. The van der Waals surface area contributed by atoms with Crippen LogP contribution in [0.5, 0.6) is 5.75 Å².